The van der Waals surface area contributed by atoms with Crippen molar-refractivity contribution in [1.29, 1.82) is 0 Å². The van der Waals surface area contributed by atoms with Gasteiger partial charge in [0.15, 0.2) is 5.78 Å². The molecule has 2 aromatic carbocycles. The van der Waals surface area contributed by atoms with Crippen LogP contribution in [0.25, 0.3) is 0 Å². The Hall–Kier alpha value is -2.13. The van der Waals surface area contributed by atoms with E-state index in [9.17, 15) is 9.59 Å². The summed E-state index contributed by atoms with van der Waals surface area (Å²) in [4.78, 5) is 23.8. The van der Waals surface area contributed by atoms with Crippen LogP contribution in [0.1, 0.15) is 34.3 Å². The van der Waals surface area contributed by atoms with Gasteiger partial charge in [0.05, 0.1) is 13.0 Å². The highest BCUT2D eigenvalue weighted by molar-refractivity contribution is 6.30. The molecule has 3 nitrogen and oxygen atoms in total. The van der Waals surface area contributed by atoms with E-state index in [4.69, 9.17) is 16.3 Å². The lowest BCUT2D eigenvalue weighted by molar-refractivity contribution is -0.141. The van der Waals surface area contributed by atoms with Crippen molar-refractivity contribution < 1.29 is 14.3 Å². The molecule has 0 aliphatic rings. The van der Waals surface area contributed by atoms with Gasteiger partial charge in [0.1, 0.15) is 0 Å². The van der Waals surface area contributed by atoms with Crippen molar-refractivity contribution in [2.75, 3.05) is 7.11 Å². The van der Waals surface area contributed by atoms with Gasteiger partial charge in [-0.2, -0.15) is 0 Å². The zero-order chi connectivity index (χ0) is 15.4. The standard InChI is InChI=1S/C17H15ClO3/c1-11(17(20)21-2)12-3-5-13(6-4-12)16(19)14-7-9-15(18)10-8-14/h3-11H,1-2H3. The second kappa shape index (κ2) is 6.55. The van der Waals surface area contributed by atoms with Crippen LogP contribution in [0.5, 0.6) is 0 Å². The van der Waals surface area contributed by atoms with Gasteiger partial charge in [0.25, 0.3) is 0 Å². The Labute approximate surface area is 128 Å². The molecule has 0 amide bonds. The molecule has 2 rings (SSSR count). The molecular formula is C17H15ClO3. The van der Waals surface area contributed by atoms with E-state index < -0.39 is 0 Å². The summed E-state index contributed by atoms with van der Waals surface area (Å²) in [6.07, 6.45) is 0. The molecule has 0 aromatic heterocycles. The zero-order valence-electron chi connectivity index (χ0n) is 11.8. The van der Waals surface area contributed by atoms with Gasteiger partial charge in [-0.25, -0.2) is 0 Å². The summed E-state index contributed by atoms with van der Waals surface area (Å²) < 4.78 is 4.71. The van der Waals surface area contributed by atoms with Crippen LogP contribution in [0, 0.1) is 0 Å². The quantitative estimate of drug-likeness (QED) is 0.636. The van der Waals surface area contributed by atoms with Crippen LogP contribution in [0.4, 0.5) is 0 Å². The van der Waals surface area contributed by atoms with Crippen LogP contribution < -0.4 is 0 Å². The zero-order valence-corrected chi connectivity index (χ0v) is 12.6. The molecule has 21 heavy (non-hydrogen) atoms. The molecule has 0 saturated heterocycles. The molecule has 0 saturated carbocycles. The number of benzene rings is 2. The van der Waals surface area contributed by atoms with E-state index in [0.29, 0.717) is 16.1 Å². The molecule has 108 valence electrons. The van der Waals surface area contributed by atoms with Crippen molar-refractivity contribution in [3.8, 4) is 0 Å². The van der Waals surface area contributed by atoms with Gasteiger partial charge >= 0.3 is 5.97 Å². The van der Waals surface area contributed by atoms with Crippen molar-refractivity contribution in [2.45, 2.75) is 12.8 Å². The molecule has 0 heterocycles. The molecule has 0 spiro atoms. The molecule has 0 aliphatic carbocycles. The van der Waals surface area contributed by atoms with E-state index in [0.717, 1.165) is 5.56 Å². The normalized spacial score (nSPS) is 11.8. The predicted molar refractivity (Wildman–Crippen MR) is 81.8 cm³/mol. The third kappa shape index (κ3) is 3.50. The van der Waals surface area contributed by atoms with Crippen molar-refractivity contribution in [1.82, 2.24) is 0 Å². The predicted octanol–water partition coefficient (Wildman–Crippen LogP) is 3.85. The van der Waals surface area contributed by atoms with Crippen LogP contribution in [-0.2, 0) is 9.53 Å². The third-order valence-electron chi connectivity index (χ3n) is 3.33. The maximum Gasteiger partial charge on any atom is 0.312 e. The van der Waals surface area contributed by atoms with Crippen LogP contribution in [0.2, 0.25) is 5.02 Å². The topological polar surface area (TPSA) is 43.4 Å². The Morgan fingerprint density at radius 1 is 0.952 bits per heavy atom. The minimum Gasteiger partial charge on any atom is -0.469 e. The summed E-state index contributed by atoms with van der Waals surface area (Å²) in [6, 6.07) is 13.7. The molecule has 1 unspecified atom stereocenters. The molecule has 1 atom stereocenters. The maximum absolute atomic E-state index is 12.3. The SMILES string of the molecule is COC(=O)C(C)c1ccc(C(=O)c2ccc(Cl)cc2)cc1. The fraction of sp³-hybridized carbons (Fsp3) is 0.176. The molecule has 0 radical (unpaired) electrons. The number of hydrogen-bond acceptors (Lipinski definition) is 3. The van der Waals surface area contributed by atoms with Gasteiger partial charge in [-0.1, -0.05) is 35.9 Å². The van der Waals surface area contributed by atoms with Gasteiger partial charge in [-0.3, -0.25) is 9.59 Å². The smallest absolute Gasteiger partial charge is 0.312 e. The van der Waals surface area contributed by atoms with Gasteiger partial charge in [0.2, 0.25) is 0 Å². The fourth-order valence-corrected chi connectivity index (χ4v) is 2.13. The van der Waals surface area contributed by atoms with Gasteiger partial charge in [-0.15, -0.1) is 0 Å². The Morgan fingerprint density at radius 2 is 1.43 bits per heavy atom. The number of carbonyl (C=O) groups excluding carboxylic acids is 2. The first kappa shape index (κ1) is 15.3. The molecule has 4 heteroatoms. The highest BCUT2D eigenvalue weighted by atomic mass is 35.5. The van der Waals surface area contributed by atoms with Crippen LogP contribution in [0.15, 0.2) is 48.5 Å². The number of methoxy groups -OCH3 is 1. The highest BCUT2D eigenvalue weighted by Crippen LogP contribution is 2.19. The highest BCUT2D eigenvalue weighted by Gasteiger charge is 2.16. The van der Waals surface area contributed by atoms with Crippen molar-refractivity contribution in [3.63, 3.8) is 0 Å². The number of ether oxygens (including phenoxy) is 1. The lowest BCUT2D eigenvalue weighted by atomic mass is 9.97. The largest absolute Gasteiger partial charge is 0.469 e. The van der Waals surface area contributed by atoms with E-state index in [2.05, 4.69) is 0 Å². The van der Waals surface area contributed by atoms with Crippen molar-refractivity contribution >= 4 is 23.4 Å². The lowest BCUT2D eigenvalue weighted by Crippen LogP contribution is -2.11. The van der Waals surface area contributed by atoms with Crippen molar-refractivity contribution in [2.24, 2.45) is 0 Å². The summed E-state index contributed by atoms with van der Waals surface area (Å²) in [6.45, 7) is 1.77. The van der Waals surface area contributed by atoms with Crippen LogP contribution >= 0.6 is 11.6 Å². The first-order valence-electron chi connectivity index (χ1n) is 6.51. The summed E-state index contributed by atoms with van der Waals surface area (Å²) >= 11 is 5.81. The second-order valence-electron chi connectivity index (χ2n) is 4.70. The first-order chi connectivity index (χ1) is 10.0. The van der Waals surface area contributed by atoms with Gasteiger partial charge in [-0.05, 0) is 36.8 Å². The van der Waals surface area contributed by atoms with Gasteiger partial charge in [0, 0.05) is 16.1 Å². The maximum atomic E-state index is 12.3. The number of esters is 1. The summed E-state index contributed by atoms with van der Waals surface area (Å²) in [7, 11) is 1.36. The Balaban J connectivity index is 2.20. The monoisotopic (exact) mass is 302 g/mol. The average Bonchev–Trinajstić information content (AvgIpc) is 2.53. The molecule has 2 aromatic rings. The average molecular weight is 303 g/mol. The summed E-state index contributed by atoms with van der Waals surface area (Å²) in [5, 5.41) is 0.591. The fourth-order valence-electron chi connectivity index (χ4n) is 2.00. The lowest BCUT2D eigenvalue weighted by Gasteiger charge is -2.10. The summed E-state index contributed by atoms with van der Waals surface area (Å²) in [5.41, 5.74) is 1.96. The molecule has 0 aliphatic heterocycles. The van der Waals surface area contributed by atoms with E-state index in [-0.39, 0.29) is 17.7 Å². The number of rotatable bonds is 4. The molecule has 0 fully saturated rings. The minimum absolute atomic E-state index is 0.0797. The molecule has 0 bridgehead atoms. The minimum atomic E-state index is -0.352. The second-order valence-corrected chi connectivity index (χ2v) is 5.14. The Morgan fingerprint density at radius 3 is 1.90 bits per heavy atom. The molecular weight excluding hydrogens is 288 g/mol. The Bertz CT molecular complexity index is 645. The number of hydrogen-bond donors (Lipinski definition) is 0. The van der Waals surface area contributed by atoms with E-state index in [1.807, 2.05) is 0 Å². The first-order valence-corrected chi connectivity index (χ1v) is 6.89. The third-order valence-corrected chi connectivity index (χ3v) is 3.59. The number of halogens is 1. The van der Waals surface area contributed by atoms with Gasteiger partial charge < -0.3 is 4.74 Å². The van der Waals surface area contributed by atoms with Crippen LogP contribution in [-0.4, -0.2) is 18.9 Å². The van der Waals surface area contributed by atoms with Crippen molar-refractivity contribution in [3.05, 3.63) is 70.2 Å². The van der Waals surface area contributed by atoms with Crippen LogP contribution in [0.3, 0.4) is 0 Å². The summed E-state index contributed by atoms with van der Waals surface area (Å²) in [5.74, 6) is -0.731. The van der Waals surface area contributed by atoms with E-state index in [1.54, 1.807) is 55.5 Å². The van der Waals surface area contributed by atoms with E-state index in [1.165, 1.54) is 7.11 Å². The number of carbonyl (C=O) groups is 2. The van der Waals surface area contributed by atoms with E-state index >= 15 is 0 Å². The Kier molecular flexibility index (Phi) is 4.76. The number of ketones is 1. The molecule has 0 N–H and O–H groups in total.